The Balaban J connectivity index is 1.67. The van der Waals surface area contributed by atoms with Crippen molar-refractivity contribution in [2.45, 2.75) is 25.2 Å². The number of sulfonamides is 1. The predicted molar refractivity (Wildman–Crippen MR) is 113 cm³/mol. The summed E-state index contributed by atoms with van der Waals surface area (Å²) in [5, 5.41) is 3.34. The Hall–Kier alpha value is -2.97. The molecular weight excluding hydrogens is 412 g/mol. The molecule has 0 fully saturated rings. The number of hydrogen-bond donors (Lipinski definition) is 2. The number of anilines is 2. The molecule has 2 N–H and O–H groups in total. The Kier molecular flexibility index (Phi) is 6.14. The van der Waals surface area contributed by atoms with Gasteiger partial charge < -0.3 is 5.32 Å². The molecule has 1 amide bonds. The van der Waals surface area contributed by atoms with Crippen molar-refractivity contribution in [1.82, 2.24) is 9.97 Å². The van der Waals surface area contributed by atoms with Crippen molar-refractivity contribution in [1.29, 1.82) is 0 Å². The first-order valence-electron chi connectivity index (χ1n) is 8.71. The molecule has 9 heteroatoms. The minimum absolute atomic E-state index is 0.0165. The minimum Gasteiger partial charge on any atom is -0.326 e. The molecule has 150 valence electrons. The van der Waals surface area contributed by atoms with Crippen LogP contribution in [0.2, 0.25) is 5.02 Å². The van der Waals surface area contributed by atoms with Crippen molar-refractivity contribution < 1.29 is 13.2 Å². The van der Waals surface area contributed by atoms with E-state index in [9.17, 15) is 13.2 Å². The average Bonchev–Trinajstić information content (AvgIpc) is 2.63. The van der Waals surface area contributed by atoms with Gasteiger partial charge >= 0.3 is 0 Å². The van der Waals surface area contributed by atoms with Crippen LogP contribution in [-0.2, 0) is 21.2 Å². The number of halogens is 1. The van der Waals surface area contributed by atoms with E-state index in [2.05, 4.69) is 20.0 Å². The van der Waals surface area contributed by atoms with Crippen LogP contribution in [0.1, 0.15) is 17.0 Å². The van der Waals surface area contributed by atoms with Crippen LogP contribution in [-0.4, -0.2) is 24.3 Å². The molecular formula is C20H19ClN4O3S. The van der Waals surface area contributed by atoms with E-state index in [0.29, 0.717) is 22.1 Å². The van der Waals surface area contributed by atoms with Gasteiger partial charge in [0.1, 0.15) is 0 Å². The molecule has 0 aliphatic rings. The number of amides is 1. The van der Waals surface area contributed by atoms with Gasteiger partial charge in [0.15, 0.2) is 0 Å². The van der Waals surface area contributed by atoms with Crippen LogP contribution in [0.4, 0.5) is 11.6 Å². The summed E-state index contributed by atoms with van der Waals surface area (Å²) < 4.78 is 27.4. The molecule has 3 aromatic rings. The first kappa shape index (κ1) is 20.8. The molecule has 29 heavy (non-hydrogen) atoms. The van der Waals surface area contributed by atoms with Gasteiger partial charge in [0, 0.05) is 22.1 Å². The lowest BCUT2D eigenvalue weighted by Gasteiger charge is -2.09. The molecule has 0 atom stereocenters. The van der Waals surface area contributed by atoms with E-state index in [0.717, 1.165) is 5.56 Å². The smallest absolute Gasteiger partial charge is 0.264 e. The Morgan fingerprint density at radius 3 is 2.14 bits per heavy atom. The first-order chi connectivity index (χ1) is 13.7. The summed E-state index contributed by atoms with van der Waals surface area (Å²) in [6.07, 6.45) is 0.183. The molecule has 3 rings (SSSR count). The van der Waals surface area contributed by atoms with Gasteiger partial charge in [-0.25, -0.2) is 23.1 Å². The summed E-state index contributed by atoms with van der Waals surface area (Å²) >= 11 is 5.83. The Morgan fingerprint density at radius 2 is 1.55 bits per heavy atom. The maximum atomic E-state index is 12.5. The van der Waals surface area contributed by atoms with Gasteiger partial charge in [-0.1, -0.05) is 23.7 Å². The Morgan fingerprint density at radius 1 is 0.966 bits per heavy atom. The number of nitrogens with zero attached hydrogens (tertiary/aromatic N) is 2. The maximum absolute atomic E-state index is 12.5. The highest BCUT2D eigenvalue weighted by molar-refractivity contribution is 7.92. The fourth-order valence-corrected chi connectivity index (χ4v) is 3.73. The van der Waals surface area contributed by atoms with Gasteiger partial charge in [-0.05, 0) is 61.9 Å². The Bertz CT molecular complexity index is 1110. The zero-order chi connectivity index (χ0) is 21.0. The fraction of sp³-hybridized carbons (Fsp3) is 0.150. The van der Waals surface area contributed by atoms with E-state index < -0.39 is 10.0 Å². The average molecular weight is 431 g/mol. The van der Waals surface area contributed by atoms with Gasteiger partial charge in [0.25, 0.3) is 10.0 Å². The molecule has 0 radical (unpaired) electrons. The summed E-state index contributed by atoms with van der Waals surface area (Å²) in [5.74, 6) is -0.201. The number of hydrogen-bond acceptors (Lipinski definition) is 5. The first-order valence-corrected chi connectivity index (χ1v) is 10.6. The highest BCUT2D eigenvalue weighted by Gasteiger charge is 2.16. The lowest BCUT2D eigenvalue weighted by atomic mass is 10.1. The molecule has 1 heterocycles. The summed E-state index contributed by atoms with van der Waals surface area (Å²) in [5.41, 5.74) is 2.64. The summed E-state index contributed by atoms with van der Waals surface area (Å²) in [6.45, 7) is 3.52. The van der Waals surface area contributed by atoms with Crippen molar-refractivity contribution in [2.75, 3.05) is 10.0 Å². The monoisotopic (exact) mass is 430 g/mol. The molecule has 7 nitrogen and oxygen atoms in total. The molecule has 2 aromatic carbocycles. The molecule has 0 saturated carbocycles. The lowest BCUT2D eigenvalue weighted by molar-refractivity contribution is -0.115. The van der Waals surface area contributed by atoms with Crippen molar-refractivity contribution >= 4 is 39.2 Å². The Labute approximate surface area is 174 Å². The molecule has 0 aliphatic carbocycles. The van der Waals surface area contributed by atoms with Crippen LogP contribution < -0.4 is 10.0 Å². The van der Waals surface area contributed by atoms with Crippen LogP contribution in [0.3, 0.4) is 0 Å². The molecule has 0 unspecified atom stereocenters. The zero-order valence-corrected chi connectivity index (χ0v) is 17.4. The number of carbonyl (C=O) groups is 1. The molecule has 0 aliphatic heterocycles. The zero-order valence-electron chi connectivity index (χ0n) is 15.8. The number of carbonyl (C=O) groups excluding carboxylic acids is 1. The van der Waals surface area contributed by atoms with E-state index in [1.807, 2.05) is 0 Å². The van der Waals surface area contributed by atoms with E-state index in [1.165, 1.54) is 24.3 Å². The van der Waals surface area contributed by atoms with Crippen LogP contribution in [0.5, 0.6) is 0 Å². The van der Waals surface area contributed by atoms with E-state index in [-0.39, 0.29) is 23.2 Å². The van der Waals surface area contributed by atoms with Crippen LogP contribution >= 0.6 is 11.6 Å². The summed E-state index contributed by atoms with van der Waals surface area (Å²) in [7, 11) is -3.84. The third-order valence-corrected chi connectivity index (χ3v) is 5.53. The lowest BCUT2D eigenvalue weighted by Crippen LogP contribution is -2.16. The molecule has 1 aromatic heterocycles. The number of aryl methyl sites for hydroxylation is 2. The van der Waals surface area contributed by atoms with Crippen molar-refractivity contribution in [3.63, 3.8) is 0 Å². The van der Waals surface area contributed by atoms with Gasteiger partial charge in [-0.2, -0.15) is 0 Å². The standard InChI is InChI=1S/C20H19ClN4O3S/c1-13-11-14(2)23-20(22-13)25-29(27,28)18-9-7-17(8-10-18)24-19(26)12-15-3-5-16(21)6-4-15/h3-11H,12H2,1-2H3,(H,24,26)(H,22,23,25). The second-order valence-electron chi connectivity index (χ2n) is 6.46. The van der Waals surface area contributed by atoms with E-state index >= 15 is 0 Å². The van der Waals surface area contributed by atoms with Gasteiger partial charge in [-0.3, -0.25) is 4.79 Å². The van der Waals surface area contributed by atoms with E-state index in [4.69, 9.17) is 11.6 Å². The maximum Gasteiger partial charge on any atom is 0.264 e. The minimum atomic E-state index is -3.84. The molecule has 0 spiro atoms. The van der Waals surface area contributed by atoms with Crippen molar-refractivity contribution in [3.05, 3.63) is 76.6 Å². The highest BCUT2D eigenvalue weighted by Crippen LogP contribution is 2.18. The number of benzene rings is 2. The third kappa shape index (κ3) is 5.75. The quantitative estimate of drug-likeness (QED) is 0.620. The van der Waals surface area contributed by atoms with Crippen molar-refractivity contribution in [2.24, 2.45) is 0 Å². The number of nitrogens with one attached hydrogen (secondary N) is 2. The highest BCUT2D eigenvalue weighted by atomic mass is 35.5. The van der Waals surface area contributed by atoms with Crippen LogP contribution in [0, 0.1) is 13.8 Å². The summed E-state index contributed by atoms with van der Waals surface area (Å²) in [4.78, 5) is 20.4. The van der Waals surface area contributed by atoms with Crippen LogP contribution in [0.15, 0.2) is 59.5 Å². The van der Waals surface area contributed by atoms with E-state index in [1.54, 1.807) is 44.2 Å². The second kappa shape index (κ2) is 8.59. The topological polar surface area (TPSA) is 101 Å². The van der Waals surface area contributed by atoms with Gasteiger partial charge in [0.2, 0.25) is 11.9 Å². The predicted octanol–water partition coefficient (Wildman–Crippen LogP) is 3.73. The van der Waals surface area contributed by atoms with Gasteiger partial charge in [-0.15, -0.1) is 0 Å². The number of rotatable bonds is 6. The molecule has 0 bridgehead atoms. The normalized spacial score (nSPS) is 11.1. The van der Waals surface area contributed by atoms with Crippen molar-refractivity contribution in [3.8, 4) is 0 Å². The van der Waals surface area contributed by atoms with Crippen LogP contribution in [0.25, 0.3) is 0 Å². The number of aromatic nitrogens is 2. The second-order valence-corrected chi connectivity index (χ2v) is 8.57. The van der Waals surface area contributed by atoms with Gasteiger partial charge in [0.05, 0.1) is 11.3 Å². The molecule has 0 saturated heterocycles. The largest absolute Gasteiger partial charge is 0.326 e. The third-order valence-electron chi connectivity index (χ3n) is 3.93. The SMILES string of the molecule is Cc1cc(C)nc(NS(=O)(=O)c2ccc(NC(=O)Cc3ccc(Cl)cc3)cc2)n1. The fourth-order valence-electron chi connectivity index (χ4n) is 2.66. The summed E-state index contributed by atoms with van der Waals surface area (Å²) in [6, 6.07) is 14.6.